The molecule has 0 saturated carbocycles. The molecule has 0 aliphatic carbocycles. The number of aromatic nitrogens is 2. The highest BCUT2D eigenvalue weighted by Gasteiger charge is 2.29. The summed E-state index contributed by atoms with van der Waals surface area (Å²) in [6.07, 6.45) is 0.573. The van der Waals surface area contributed by atoms with Gasteiger partial charge < -0.3 is 5.11 Å². The lowest BCUT2D eigenvalue weighted by molar-refractivity contribution is -0.147. The molecule has 0 aliphatic heterocycles. The Labute approximate surface area is 182 Å². The van der Waals surface area contributed by atoms with Crippen molar-refractivity contribution in [1.29, 1.82) is 0 Å². The molecule has 30 heavy (non-hydrogen) atoms. The van der Waals surface area contributed by atoms with Crippen molar-refractivity contribution in [3.63, 3.8) is 0 Å². The minimum atomic E-state index is -3.92. The van der Waals surface area contributed by atoms with E-state index in [9.17, 15) is 18.3 Å². The summed E-state index contributed by atoms with van der Waals surface area (Å²) >= 11 is 7.49. The van der Waals surface area contributed by atoms with Gasteiger partial charge in [-0.3, -0.25) is 4.79 Å². The maximum absolute atomic E-state index is 13.6. The highest BCUT2D eigenvalue weighted by Crippen LogP contribution is 2.32. The van der Waals surface area contributed by atoms with Gasteiger partial charge in [-0.1, -0.05) is 11.6 Å². The Morgan fingerprint density at radius 2 is 1.97 bits per heavy atom. The Morgan fingerprint density at radius 1 is 1.20 bits per heavy atom. The fraction of sp³-hybridized carbons (Fsp3) is 0.238. The summed E-state index contributed by atoms with van der Waals surface area (Å²) in [5.74, 6) is -0.924. The van der Waals surface area contributed by atoms with Gasteiger partial charge in [0.2, 0.25) is 0 Å². The predicted molar refractivity (Wildman–Crippen MR) is 119 cm³/mol. The second-order valence-electron chi connectivity index (χ2n) is 7.78. The van der Waals surface area contributed by atoms with Crippen LogP contribution in [0.1, 0.15) is 26.0 Å². The lowest BCUT2D eigenvalue weighted by Crippen LogP contribution is -2.25. The van der Waals surface area contributed by atoms with Crippen molar-refractivity contribution in [2.24, 2.45) is 5.41 Å². The summed E-state index contributed by atoms with van der Waals surface area (Å²) in [5, 5.41) is 10.6. The average molecular weight is 463 g/mol. The van der Waals surface area contributed by atoms with E-state index in [1.165, 1.54) is 15.3 Å². The Balaban J connectivity index is 1.88. The maximum atomic E-state index is 13.6. The van der Waals surface area contributed by atoms with Crippen LogP contribution in [0.5, 0.6) is 0 Å². The van der Waals surface area contributed by atoms with Gasteiger partial charge in [-0.25, -0.2) is 17.4 Å². The number of benzene rings is 2. The van der Waals surface area contributed by atoms with Crippen molar-refractivity contribution in [3.8, 4) is 0 Å². The highest BCUT2D eigenvalue weighted by atomic mass is 35.5. The zero-order valence-electron chi connectivity index (χ0n) is 16.3. The molecule has 0 bridgehead atoms. The van der Waals surface area contributed by atoms with E-state index in [1.807, 2.05) is 0 Å². The van der Waals surface area contributed by atoms with Gasteiger partial charge in [0.15, 0.2) is 0 Å². The molecule has 0 spiro atoms. The number of carboxylic acid groups (broad SMARTS) is 1. The molecule has 4 aromatic rings. The fourth-order valence-corrected chi connectivity index (χ4v) is 5.89. The van der Waals surface area contributed by atoms with Gasteiger partial charge >= 0.3 is 5.97 Å². The van der Waals surface area contributed by atoms with E-state index in [2.05, 4.69) is 4.98 Å². The average Bonchev–Trinajstić information content (AvgIpc) is 3.29. The third-order valence-electron chi connectivity index (χ3n) is 5.22. The van der Waals surface area contributed by atoms with Crippen LogP contribution in [0.4, 0.5) is 0 Å². The zero-order chi connectivity index (χ0) is 21.7. The first-order valence-corrected chi connectivity index (χ1v) is 11.9. The molecule has 0 atom stereocenters. The Morgan fingerprint density at radius 3 is 2.70 bits per heavy atom. The number of carboxylic acids is 1. The van der Waals surface area contributed by atoms with E-state index in [0.717, 1.165) is 10.2 Å². The Bertz CT molecular complexity index is 1390. The molecule has 156 valence electrons. The van der Waals surface area contributed by atoms with Gasteiger partial charge in [0, 0.05) is 16.1 Å². The summed E-state index contributed by atoms with van der Waals surface area (Å²) in [4.78, 5) is 15.9. The van der Waals surface area contributed by atoms with Crippen LogP contribution in [0.25, 0.3) is 21.1 Å². The number of carbonyl (C=O) groups is 1. The van der Waals surface area contributed by atoms with Crippen LogP contribution >= 0.6 is 22.9 Å². The fourth-order valence-electron chi connectivity index (χ4n) is 3.33. The number of fused-ring (bicyclic) bond motifs is 2. The highest BCUT2D eigenvalue weighted by molar-refractivity contribution is 7.90. The molecule has 1 N–H and O–H groups in total. The Hall–Kier alpha value is -2.42. The SMILES string of the molecule is CC(C)(CCc1cc2cc(Cl)ccc2n1S(=O)(=O)c1ccc2ncsc2c1)C(=O)O. The number of halogens is 1. The molecule has 2 aromatic heterocycles. The van der Waals surface area contributed by atoms with Crippen LogP contribution < -0.4 is 0 Å². The van der Waals surface area contributed by atoms with Crippen LogP contribution in [-0.2, 0) is 21.2 Å². The van der Waals surface area contributed by atoms with E-state index >= 15 is 0 Å². The summed E-state index contributed by atoms with van der Waals surface area (Å²) in [6, 6.07) is 11.6. The predicted octanol–water partition coefficient (Wildman–Crippen LogP) is 5.18. The lowest BCUT2D eigenvalue weighted by atomic mass is 9.87. The van der Waals surface area contributed by atoms with Gasteiger partial charge in [-0.15, -0.1) is 11.3 Å². The van der Waals surface area contributed by atoms with Crippen molar-refractivity contribution in [2.75, 3.05) is 0 Å². The van der Waals surface area contributed by atoms with Gasteiger partial charge in [0.25, 0.3) is 10.0 Å². The molecule has 0 fully saturated rings. The van der Waals surface area contributed by atoms with Gasteiger partial charge in [-0.2, -0.15) is 0 Å². The number of hydrogen-bond donors (Lipinski definition) is 1. The third-order valence-corrected chi connectivity index (χ3v) is 8.01. The van der Waals surface area contributed by atoms with E-state index in [1.54, 1.807) is 61.8 Å². The minimum Gasteiger partial charge on any atom is -0.481 e. The standard InChI is InChI=1S/C21H19ClN2O4S2/c1-21(2,20(25)26)8-7-15-10-13-9-14(22)3-6-18(13)24(15)30(27,28)16-4-5-17-19(11-16)29-12-23-17/h3-6,9-12H,7-8H2,1-2H3,(H,25,26). The first kappa shape index (κ1) is 20.8. The summed E-state index contributed by atoms with van der Waals surface area (Å²) in [5.41, 5.74) is 2.46. The number of hydrogen-bond acceptors (Lipinski definition) is 5. The van der Waals surface area contributed by atoms with E-state index < -0.39 is 21.4 Å². The smallest absolute Gasteiger partial charge is 0.309 e. The number of rotatable bonds is 6. The van der Waals surface area contributed by atoms with Crippen LogP contribution in [-0.4, -0.2) is 28.5 Å². The number of thiazole rings is 1. The van der Waals surface area contributed by atoms with Crippen molar-refractivity contribution >= 4 is 60.0 Å². The number of aliphatic carboxylic acids is 1. The maximum Gasteiger partial charge on any atom is 0.309 e. The summed E-state index contributed by atoms with van der Waals surface area (Å²) in [6.45, 7) is 3.26. The van der Waals surface area contributed by atoms with E-state index in [-0.39, 0.29) is 17.7 Å². The zero-order valence-corrected chi connectivity index (χ0v) is 18.7. The van der Waals surface area contributed by atoms with Gasteiger partial charge in [0.1, 0.15) is 0 Å². The quantitative estimate of drug-likeness (QED) is 0.426. The molecule has 2 aromatic carbocycles. The van der Waals surface area contributed by atoms with Gasteiger partial charge in [-0.05, 0) is 69.2 Å². The number of nitrogens with zero attached hydrogens (tertiary/aromatic N) is 2. The summed E-state index contributed by atoms with van der Waals surface area (Å²) < 4.78 is 29.4. The van der Waals surface area contributed by atoms with Crippen molar-refractivity contribution in [3.05, 3.63) is 58.7 Å². The van der Waals surface area contributed by atoms with Crippen molar-refractivity contribution in [1.82, 2.24) is 8.96 Å². The molecule has 4 rings (SSSR count). The summed E-state index contributed by atoms with van der Waals surface area (Å²) in [7, 11) is -3.92. The normalized spacial score (nSPS) is 12.6. The molecule has 0 aliphatic rings. The second-order valence-corrected chi connectivity index (χ2v) is 10.9. The van der Waals surface area contributed by atoms with Crippen LogP contribution in [0.15, 0.2) is 52.9 Å². The lowest BCUT2D eigenvalue weighted by Gasteiger charge is -2.19. The van der Waals surface area contributed by atoms with Crippen molar-refractivity contribution < 1.29 is 18.3 Å². The molecule has 2 heterocycles. The molecule has 0 saturated heterocycles. The third kappa shape index (κ3) is 3.59. The van der Waals surface area contributed by atoms with Crippen LogP contribution in [0.3, 0.4) is 0 Å². The number of aryl methyl sites for hydroxylation is 1. The molecular formula is C21H19ClN2O4S2. The molecule has 0 amide bonds. The minimum absolute atomic E-state index is 0.158. The monoisotopic (exact) mass is 462 g/mol. The van der Waals surface area contributed by atoms with E-state index in [0.29, 0.717) is 21.6 Å². The molecule has 0 radical (unpaired) electrons. The van der Waals surface area contributed by atoms with Crippen molar-refractivity contribution in [2.45, 2.75) is 31.6 Å². The topological polar surface area (TPSA) is 89.3 Å². The van der Waals surface area contributed by atoms with Crippen LogP contribution in [0.2, 0.25) is 5.02 Å². The molecule has 0 unspecified atom stereocenters. The second kappa shape index (κ2) is 7.37. The first-order chi connectivity index (χ1) is 14.1. The van der Waals surface area contributed by atoms with Crippen LogP contribution in [0, 0.1) is 5.41 Å². The molecule has 9 heteroatoms. The van der Waals surface area contributed by atoms with Gasteiger partial charge in [0.05, 0.1) is 31.6 Å². The van der Waals surface area contributed by atoms with E-state index in [4.69, 9.17) is 11.6 Å². The Kier molecular flexibility index (Phi) is 5.12. The molecular weight excluding hydrogens is 444 g/mol. The molecule has 6 nitrogen and oxygen atoms in total. The first-order valence-electron chi connectivity index (χ1n) is 9.22. The largest absolute Gasteiger partial charge is 0.481 e.